The van der Waals surface area contributed by atoms with Crippen molar-refractivity contribution in [3.8, 4) is 0 Å². The van der Waals surface area contributed by atoms with Crippen LogP contribution in [0.4, 0.5) is 0 Å². The van der Waals surface area contributed by atoms with Crippen LogP contribution >= 0.6 is 15.9 Å². The number of hydrogen-bond acceptors (Lipinski definition) is 0. The van der Waals surface area contributed by atoms with Gasteiger partial charge in [-0.2, -0.15) is 0 Å². The van der Waals surface area contributed by atoms with Crippen LogP contribution in [0.15, 0.2) is 24.3 Å². The van der Waals surface area contributed by atoms with Gasteiger partial charge in [0.05, 0.1) is 0 Å². The van der Waals surface area contributed by atoms with E-state index in [-0.39, 0.29) is 0 Å². The maximum atomic E-state index is 3.72. The third-order valence-corrected chi connectivity index (χ3v) is 5.24. The molecule has 1 atom stereocenters. The van der Waals surface area contributed by atoms with E-state index in [1.165, 1.54) is 43.2 Å². The molecule has 0 N–H and O–H groups in total. The van der Waals surface area contributed by atoms with E-state index in [0.717, 1.165) is 17.2 Å². The number of alkyl halides is 1. The summed E-state index contributed by atoms with van der Waals surface area (Å²) in [5, 5.41) is 1.16. The van der Waals surface area contributed by atoms with Gasteiger partial charge in [0.25, 0.3) is 0 Å². The van der Waals surface area contributed by atoms with Gasteiger partial charge >= 0.3 is 0 Å². The van der Waals surface area contributed by atoms with E-state index >= 15 is 0 Å². The summed E-state index contributed by atoms with van der Waals surface area (Å²) in [5.41, 5.74) is 2.96. The van der Waals surface area contributed by atoms with Gasteiger partial charge < -0.3 is 0 Å². The van der Waals surface area contributed by atoms with E-state index in [9.17, 15) is 0 Å². The van der Waals surface area contributed by atoms with Gasteiger partial charge in [0.1, 0.15) is 0 Å². The molecule has 0 spiro atoms. The van der Waals surface area contributed by atoms with Crippen molar-refractivity contribution >= 4 is 15.9 Å². The first-order chi connectivity index (χ1) is 8.70. The Hall–Kier alpha value is -0.300. The highest BCUT2D eigenvalue weighted by molar-refractivity contribution is 9.09. The second-order valence-electron chi connectivity index (χ2n) is 6.06. The summed E-state index contributed by atoms with van der Waals surface area (Å²) in [7, 11) is 0. The molecule has 0 aliphatic heterocycles. The number of benzene rings is 1. The number of hydrogen-bond donors (Lipinski definition) is 0. The molecule has 1 heteroatoms. The van der Waals surface area contributed by atoms with Gasteiger partial charge in [-0.3, -0.25) is 0 Å². The zero-order valence-corrected chi connectivity index (χ0v) is 13.2. The summed E-state index contributed by atoms with van der Waals surface area (Å²) in [6.45, 7) is 4.52. The largest absolute Gasteiger partial charge is 0.0925 e. The Balaban J connectivity index is 1.98. The fourth-order valence-corrected chi connectivity index (χ4v) is 3.87. The predicted molar refractivity (Wildman–Crippen MR) is 83.5 cm³/mol. The summed E-state index contributed by atoms with van der Waals surface area (Å²) in [6, 6.07) is 9.28. The highest BCUT2D eigenvalue weighted by Crippen LogP contribution is 2.34. The molecule has 0 bridgehead atoms. The van der Waals surface area contributed by atoms with Gasteiger partial charge in [-0.1, -0.05) is 79.7 Å². The molecule has 0 radical (unpaired) electrons. The van der Waals surface area contributed by atoms with Crippen molar-refractivity contribution in [2.24, 2.45) is 11.8 Å². The Bertz CT molecular complexity index is 346. The lowest BCUT2D eigenvalue weighted by atomic mass is 9.87. The standard InChI is InChI=1S/C17H25Br/c1-13(2)15-9-7-14(8-10-15)11-17(12-18)16-5-3-4-6-16/h7-10,13,16-17H,3-6,11-12H2,1-2H3. The molecular formula is C17H25Br. The van der Waals surface area contributed by atoms with Crippen LogP contribution in [-0.4, -0.2) is 5.33 Å². The van der Waals surface area contributed by atoms with Gasteiger partial charge in [-0.15, -0.1) is 0 Å². The summed E-state index contributed by atoms with van der Waals surface area (Å²) in [4.78, 5) is 0. The Morgan fingerprint density at radius 1 is 1.11 bits per heavy atom. The molecule has 1 unspecified atom stereocenters. The Morgan fingerprint density at radius 2 is 1.72 bits per heavy atom. The topological polar surface area (TPSA) is 0 Å². The molecular weight excluding hydrogens is 284 g/mol. The minimum atomic E-state index is 0.640. The number of rotatable bonds is 5. The van der Waals surface area contributed by atoms with Crippen LogP contribution in [0.5, 0.6) is 0 Å². The van der Waals surface area contributed by atoms with Crippen molar-refractivity contribution < 1.29 is 0 Å². The molecule has 1 aromatic rings. The normalized spacial score (nSPS) is 18.4. The van der Waals surface area contributed by atoms with Crippen molar-refractivity contribution in [3.63, 3.8) is 0 Å². The van der Waals surface area contributed by atoms with Crippen LogP contribution in [0.1, 0.15) is 56.6 Å². The first-order valence-corrected chi connectivity index (χ1v) is 8.47. The summed E-state index contributed by atoms with van der Waals surface area (Å²) >= 11 is 3.72. The zero-order valence-electron chi connectivity index (χ0n) is 11.7. The Labute approximate surface area is 120 Å². The fourth-order valence-electron chi connectivity index (χ4n) is 3.12. The van der Waals surface area contributed by atoms with E-state index in [2.05, 4.69) is 54.0 Å². The van der Waals surface area contributed by atoms with Crippen LogP contribution in [0, 0.1) is 11.8 Å². The first-order valence-electron chi connectivity index (χ1n) is 7.35. The lowest BCUT2D eigenvalue weighted by Crippen LogP contribution is -2.16. The minimum absolute atomic E-state index is 0.640. The third kappa shape index (κ3) is 3.60. The summed E-state index contributed by atoms with van der Waals surface area (Å²) < 4.78 is 0. The molecule has 0 amide bonds. The van der Waals surface area contributed by atoms with Crippen LogP contribution in [0.3, 0.4) is 0 Å². The van der Waals surface area contributed by atoms with Crippen LogP contribution < -0.4 is 0 Å². The predicted octanol–water partition coefficient (Wildman–Crippen LogP) is 5.55. The van der Waals surface area contributed by atoms with Gasteiger partial charge in [-0.05, 0) is 35.3 Å². The molecule has 0 heterocycles. The second kappa shape index (κ2) is 6.75. The molecule has 1 aromatic carbocycles. The van der Waals surface area contributed by atoms with Crippen molar-refractivity contribution in [2.75, 3.05) is 5.33 Å². The molecule has 0 aromatic heterocycles. The zero-order chi connectivity index (χ0) is 13.0. The Morgan fingerprint density at radius 3 is 2.22 bits per heavy atom. The first kappa shape index (κ1) is 14.1. The fraction of sp³-hybridized carbons (Fsp3) is 0.647. The SMILES string of the molecule is CC(C)c1ccc(CC(CBr)C2CCCC2)cc1. The van der Waals surface area contributed by atoms with Crippen molar-refractivity contribution in [1.82, 2.24) is 0 Å². The molecule has 2 rings (SSSR count). The smallest absolute Gasteiger partial charge is 0.00654 e. The molecule has 0 nitrogen and oxygen atoms in total. The lowest BCUT2D eigenvalue weighted by Gasteiger charge is -2.21. The Kier molecular flexibility index (Phi) is 5.29. The van der Waals surface area contributed by atoms with Gasteiger partial charge in [-0.25, -0.2) is 0 Å². The van der Waals surface area contributed by atoms with Crippen molar-refractivity contribution in [2.45, 2.75) is 51.9 Å². The van der Waals surface area contributed by atoms with Gasteiger partial charge in [0.2, 0.25) is 0 Å². The van der Waals surface area contributed by atoms with E-state index in [0.29, 0.717) is 5.92 Å². The lowest BCUT2D eigenvalue weighted by molar-refractivity contribution is 0.373. The highest BCUT2D eigenvalue weighted by Gasteiger charge is 2.24. The molecule has 1 aliphatic carbocycles. The molecule has 18 heavy (non-hydrogen) atoms. The van der Waals surface area contributed by atoms with Crippen LogP contribution in [0.2, 0.25) is 0 Å². The monoisotopic (exact) mass is 308 g/mol. The summed E-state index contributed by atoms with van der Waals surface area (Å²) in [5.74, 6) is 2.42. The molecule has 0 saturated heterocycles. The maximum absolute atomic E-state index is 3.72. The second-order valence-corrected chi connectivity index (χ2v) is 6.71. The minimum Gasteiger partial charge on any atom is -0.0925 e. The highest BCUT2D eigenvalue weighted by atomic mass is 79.9. The number of halogens is 1. The van der Waals surface area contributed by atoms with E-state index in [4.69, 9.17) is 0 Å². The van der Waals surface area contributed by atoms with Gasteiger partial charge in [0.15, 0.2) is 0 Å². The van der Waals surface area contributed by atoms with E-state index in [1.54, 1.807) is 0 Å². The van der Waals surface area contributed by atoms with Crippen molar-refractivity contribution in [1.29, 1.82) is 0 Å². The maximum Gasteiger partial charge on any atom is 0.00654 e. The quantitative estimate of drug-likeness (QED) is 0.625. The average molecular weight is 309 g/mol. The van der Waals surface area contributed by atoms with E-state index in [1.807, 2.05) is 0 Å². The van der Waals surface area contributed by atoms with Crippen molar-refractivity contribution in [3.05, 3.63) is 35.4 Å². The molecule has 100 valence electrons. The van der Waals surface area contributed by atoms with Gasteiger partial charge in [0, 0.05) is 5.33 Å². The van der Waals surface area contributed by atoms with E-state index < -0.39 is 0 Å². The molecule has 1 fully saturated rings. The third-order valence-electron chi connectivity index (χ3n) is 4.41. The molecule has 1 aliphatic rings. The average Bonchev–Trinajstić information content (AvgIpc) is 2.90. The molecule has 1 saturated carbocycles. The van der Waals surface area contributed by atoms with Crippen LogP contribution in [0.25, 0.3) is 0 Å². The summed E-state index contributed by atoms with van der Waals surface area (Å²) in [6.07, 6.45) is 7.02. The van der Waals surface area contributed by atoms with Crippen LogP contribution in [-0.2, 0) is 6.42 Å².